The Morgan fingerprint density at radius 3 is 2.88 bits per heavy atom. The first kappa shape index (κ1) is 9.72. The van der Waals surface area contributed by atoms with E-state index in [2.05, 4.69) is 9.97 Å². The number of carbonyl (C=O) groups is 1. The number of carboxylic acid groups (broad SMARTS) is 1. The molecule has 1 saturated carbocycles. The Morgan fingerprint density at radius 2 is 2.19 bits per heavy atom. The highest BCUT2D eigenvalue weighted by Crippen LogP contribution is 2.38. The molecule has 0 atom stereocenters. The van der Waals surface area contributed by atoms with Crippen molar-refractivity contribution in [1.82, 2.24) is 9.97 Å². The molecule has 0 bridgehead atoms. The molecule has 0 saturated heterocycles. The zero-order chi connectivity index (χ0) is 11.1. The minimum atomic E-state index is -0.956. The monoisotopic (exact) mass is 220 g/mol. The minimum Gasteiger partial charge on any atom is -0.477 e. The molecule has 0 unspecified atom stereocenters. The van der Waals surface area contributed by atoms with Crippen LogP contribution in [0.25, 0.3) is 0 Å². The molecule has 5 heteroatoms. The fourth-order valence-electron chi connectivity index (χ4n) is 1.98. The lowest BCUT2D eigenvalue weighted by atomic mass is 10.1. The van der Waals surface area contributed by atoms with Crippen molar-refractivity contribution in [1.29, 1.82) is 0 Å². The molecule has 0 aromatic carbocycles. The van der Waals surface area contributed by atoms with E-state index in [1.807, 2.05) is 0 Å². The molecule has 1 fully saturated rings. The van der Waals surface area contributed by atoms with Crippen LogP contribution in [0.5, 0.6) is 0 Å². The molecule has 2 heterocycles. The first-order valence-corrected chi connectivity index (χ1v) is 5.46. The van der Waals surface area contributed by atoms with Crippen LogP contribution in [0.15, 0.2) is 0 Å². The fourth-order valence-corrected chi connectivity index (χ4v) is 1.98. The third-order valence-corrected chi connectivity index (χ3v) is 2.99. The van der Waals surface area contributed by atoms with Crippen LogP contribution in [0.3, 0.4) is 0 Å². The van der Waals surface area contributed by atoms with Crippen molar-refractivity contribution in [3.63, 3.8) is 0 Å². The normalized spacial score (nSPS) is 19.2. The van der Waals surface area contributed by atoms with Gasteiger partial charge in [-0.25, -0.2) is 14.8 Å². The van der Waals surface area contributed by atoms with Crippen LogP contribution in [0.2, 0.25) is 0 Å². The zero-order valence-corrected chi connectivity index (χ0v) is 8.77. The number of ether oxygens (including phenoxy) is 1. The topological polar surface area (TPSA) is 72.3 Å². The maximum atomic E-state index is 11.1. The van der Waals surface area contributed by atoms with Gasteiger partial charge in [0, 0.05) is 17.9 Å². The van der Waals surface area contributed by atoms with Crippen molar-refractivity contribution in [2.45, 2.75) is 31.8 Å². The van der Waals surface area contributed by atoms with Gasteiger partial charge in [0.1, 0.15) is 5.82 Å². The number of aromatic nitrogens is 2. The molecule has 1 aliphatic carbocycles. The molecule has 16 heavy (non-hydrogen) atoms. The van der Waals surface area contributed by atoms with Crippen molar-refractivity contribution in [2.75, 3.05) is 6.61 Å². The van der Waals surface area contributed by atoms with Crippen LogP contribution < -0.4 is 0 Å². The van der Waals surface area contributed by atoms with Gasteiger partial charge >= 0.3 is 5.97 Å². The van der Waals surface area contributed by atoms with Gasteiger partial charge in [-0.3, -0.25) is 0 Å². The van der Waals surface area contributed by atoms with Gasteiger partial charge in [-0.05, 0) is 12.8 Å². The summed E-state index contributed by atoms with van der Waals surface area (Å²) in [5.41, 5.74) is 1.69. The van der Waals surface area contributed by atoms with Gasteiger partial charge in [0.25, 0.3) is 0 Å². The zero-order valence-electron chi connectivity index (χ0n) is 8.77. The highest BCUT2D eigenvalue weighted by molar-refractivity contribution is 5.87. The van der Waals surface area contributed by atoms with Gasteiger partial charge in [0.2, 0.25) is 0 Å². The summed E-state index contributed by atoms with van der Waals surface area (Å²) in [6, 6.07) is 0. The second kappa shape index (κ2) is 3.52. The number of hydrogen-bond acceptors (Lipinski definition) is 4. The van der Waals surface area contributed by atoms with Gasteiger partial charge in [-0.2, -0.15) is 0 Å². The minimum absolute atomic E-state index is 0.176. The summed E-state index contributed by atoms with van der Waals surface area (Å²) in [6.07, 6.45) is 2.74. The first-order valence-electron chi connectivity index (χ1n) is 5.46. The third-order valence-electron chi connectivity index (χ3n) is 2.99. The standard InChI is InChI=1S/C11H12N2O3/c14-11(15)9-7-3-4-16-5-8(7)12-10(13-9)6-1-2-6/h6H,1-5H2,(H,14,15). The van der Waals surface area contributed by atoms with Crippen molar-refractivity contribution < 1.29 is 14.6 Å². The van der Waals surface area contributed by atoms with Crippen LogP contribution in [0.4, 0.5) is 0 Å². The molecule has 1 N–H and O–H groups in total. The van der Waals surface area contributed by atoms with E-state index in [4.69, 9.17) is 9.84 Å². The van der Waals surface area contributed by atoms with E-state index in [1.54, 1.807) is 0 Å². The van der Waals surface area contributed by atoms with Crippen molar-refractivity contribution >= 4 is 5.97 Å². The summed E-state index contributed by atoms with van der Waals surface area (Å²) in [5, 5.41) is 9.14. The van der Waals surface area contributed by atoms with Crippen LogP contribution in [0.1, 0.15) is 46.3 Å². The molecule has 5 nitrogen and oxygen atoms in total. The van der Waals surface area contributed by atoms with E-state index in [-0.39, 0.29) is 5.69 Å². The lowest BCUT2D eigenvalue weighted by Gasteiger charge is -2.17. The molecular weight excluding hydrogens is 208 g/mol. The SMILES string of the molecule is O=C(O)c1nc(C2CC2)nc2c1CCOC2. The molecule has 1 aromatic rings. The average Bonchev–Trinajstić information content (AvgIpc) is 3.11. The Balaban J connectivity index is 2.12. The predicted octanol–water partition coefficient (Wildman–Crippen LogP) is 1.12. The summed E-state index contributed by atoms with van der Waals surface area (Å²) >= 11 is 0. The Bertz CT molecular complexity index is 455. The summed E-state index contributed by atoms with van der Waals surface area (Å²) < 4.78 is 5.30. The second-order valence-corrected chi connectivity index (χ2v) is 4.24. The van der Waals surface area contributed by atoms with E-state index in [0.717, 1.165) is 24.1 Å². The second-order valence-electron chi connectivity index (χ2n) is 4.24. The third kappa shape index (κ3) is 1.57. The maximum Gasteiger partial charge on any atom is 0.354 e. The van der Waals surface area contributed by atoms with E-state index in [1.165, 1.54) is 0 Å². The number of fused-ring (bicyclic) bond motifs is 1. The molecule has 2 aliphatic rings. The van der Waals surface area contributed by atoms with Crippen molar-refractivity contribution in [2.24, 2.45) is 0 Å². The molecule has 84 valence electrons. The summed E-state index contributed by atoms with van der Waals surface area (Å²) in [7, 11) is 0. The van der Waals surface area contributed by atoms with E-state index < -0.39 is 5.97 Å². The number of hydrogen-bond donors (Lipinski definition) is 1. The molecule has 1 aliphatic heterocycles. The number of carboxylic acids is 1. The van der Waals surface area contributed by atoms with E-state index in [9.17, 15) is 4.79 Å². The fraction of sp³-hybridized carbons (Fsp3) is 0.545. The molecular formula is C11H12N2O3. The molecule has 0 spiro atoms. The van der Waals surface area contributed by atoms with Gasteiger partial charge in [0.15, 0.2) is 5.69 Å². The number of rotatable bonds is 2. The lowest BCUT2D eigenvalue weighted by molar-refractivity contribution is 0.0680. The maximum absolute atomic E-state index is 11.1. The van der Waals surface area contributed by atoms with Crippen molar-refractivity contribution in [3.05, 3.63) is 22.8 Å². The van der Waals surface area contributed by atoms with Crippen LogP contribution in [-0.2, 0) is 17.8 Å². The summed E-state index contributed by atoms with van der Waals surface area (Å²) in [6.45, 7) is 0.970. The first-order chi connectivity index (χ1) is 7.75. The van der Waals surface area contributed by atoms with Crippen molar-refractivity contribution in [3.8, 4) is 0 Å². The Kier molecular flexibility index (Phi) is 2.14. The summed E-state index contributed by atoms with van der Waals surface area (Å²) in [4.78, 5) is 19.7. The molecule has 0 amide bonds. The largest absolute Gasteiger partial charge is 0.477 e. The lowest BCUT2D eigenvalue weighted by Crippen LogP contribution is -2.19. The number of nitrogens with zero attached hydrogens (tertiary/aromatic N) is 2. The van der Waals surface area contributed by atoms with Gasteiger partial charge in [-0.15, -0.1) is 0 Å². The van der Waals surface area contributed by atoms with Gasteiger partial charge in [0.05, 0.1) is 18.9 Å². The summed E-state index contributed by atoms with van der Waals surface area (Å²) in [5.74, 6) is 0.0921. The van der Waals surface area contributed by atoms with E-state index >= 15 is 0 Å². The molecule has 3 rings (SSSR count). The Labute approximate surface area is 92.5 Å². The van der Waals surface area contributed by atoms with Crippen LogP contribution >= 0.6 is 0 Å². The quantitative estimate of drug-likeness (QED) is 0.808. The van der Waals surface area contributed by atoms with Gasteiger partial charge in [-0.1, -0.05) is 0 Å². The predicted molar refractivity (Wildman–Crippen MR) is 54.3 cm³/mol. The highest BCUT2D eigenvalue weighted by atomic mass is 16.5. The van der Waals surface area contributed by atoms with Crippen LogP contribution in [-0.4, -0.2) is 27.7 Å². The Morgan fingerprint density at radius 1 is 1.38 bits per heavy atom. The molecule has 1 aromatic heterocycles. The van der Waals surface area contributed by atoms with Crippen LogP contribution in [0, 0.1) is 0 Å². The smallest absolute Gasteiger partial charge is 0.354 e. The Hall–Kier alpha value is -1.49. The number of aromatic carboxylic acids is 1. The molecule has 0 radical (unpaired) electrons. The highest BCUT2D eigenvalue weighted by Gasteiger charge is 2.30. The van der Waals surface area contributed by atoms with Gasteiger partial charge < -0.3 is 9.84 Å². The average molecular weight is 220 g/mol. The van der Waals surface area contributed by atoms with E-state index in [0.29, 0.717) is 31.4 Å².